The van der Waals surface area contributed by atoms with E-state index >= 15 is 0 Å². The number of aromatic nitrogens is 1. The Hall–Kier alpha value is -3.64. The Labute approximate surface area is 275 Å². The maximum absolute atomic E-state index is 13.9. The molecule has 0 saturated carbocycles. The first-order valence-corrected chi connectivity index (χ1v) is 17.0. The van der Waals surface area contributed by atoms with E-state index in [1.807, 2.05) is 64.4 Å². The molecule has 3 N–H and O–H groups in total. The van der Waals surface area contributed by atoms with Crippen LogP contribution in [0, 0.1) is 12.3 Å². The summed E-state index contributed by atoms with van der Waals surface area (Å²) in [5.74, 6) is -0.913. The van der Waals surface area contributed by atoms with Crippen molar-refractivity contribution in [3.05, 3.63) is 41.0 Å². The zero-order chi connectivity index (χ0) is 33.6. The number of nitrogens with one attached hydrogen (secondary N) is 2. The van der Waals surface area contributed by atoms with E-state index in [4.69, 9.17) is 0 Å². The molecule has 11 nitrogen and oxygen atoms in total. The summed E-state index contributed by atoms with van der Waals surface area (Å²) < 4.78 is 0. The van der Waals surface area contributed by atoms with Gasteiger partial charge in [-0.3, -0.25) is 24.0 Å². The molecule has 1 aromatic carbocycles. The number of aliphatic hydroxyl groups excluding tert-OH is 1. The first-order chi connectivity index (χ1) is 21.7. The lowest BCUT2D eigenvalue weighted by molar-refractivity contribution is -0.144. The summed E-state index contributed by atoms with van der Waals surface area (Å²) in [7, 11) is 0. The number of carbonyl (C=O) groups is 5. The number of ketones is 1. The number of thiazole rings is 1. The average Bonchev–Trinajstić information content (AvgIpc) is 3.62. The zero-order valence-electron chi connectivity index (χ0n) is 27.5. The number of nitrogens with zero attached hydrogens (tertiary/aromatic N) is 3. The minimum absolute atomic E-state index is 0.000851. The lowest BCUT2D eigenvalue weighted by atomic mass is 9.85. The van der Waals surface area contributed by atoms with Gasteiger partial charge >= 0.3 is 0 Å². The average molecular weight is 654 g/mol. The lowest BCUT2D eigenvalue weighted by Crippen LogP contribution is -2.57. The van der Waals surface area contributed by atoms with Crippen molar-refractivity contribution >= 4 is 40.7 Å². The van der Waals surface area contributed by atoms with E-state index in [1.165, 1.54) is 4.90 Å². The fourth-order valence-electron chi connectivity index (χ4n) is 5.97. The predicted molar refractivity (Wildman–Crippen MR) is 176 cm³/mol. The number of likely N-dealkylation sites (tertiary alicyclic amines) is 2. The highest BCUT2D eigenvalue weighted by Gasteiger charge is 2.44. The Balaban J connectivity index is 1.32. The van der Waals surface area contributed by atoms with E-state index in [9.17, 15) is 29.1 Å². The summed E-state index contributed by atoms with van der Waals surface area (Å²) >= 11 is 1.57. The molecule has 2 aromatic rings. The number of piperidine rings is 1. The summed E-state index contributed by atoms with van der Waals surface area (Å²) in [4.78, 5) is 72.7. The van der Waals surface area contributed by atoms with Crippen molar-refractivity contribution in [3.8, 4) is 10.4 Å². The highest BCUT2D eigenvalue weighted by molar-refractivity contribution is 7.13. The van der Waals surface area contributed by atoms with Crippen molar-refractivity contribution < 1.29 is 29.1 Å². The topological polar surface area (TPSA) is 149 Å². The molecule has 4 atom stereocenters. The second-order valence-electron chi connectivity index (χ2n) is 13.5. The van der Waals surface area contributed by atoms with Crippen LogP contribution in [0.25, 0.3) is 10.4 Å². The van der Waals surface area contributed by atoms with Crippen LogP contribution in [0.3, 0.4) is 0 Å². The van der Waals surface area contributed by atoms with Gasteiger partial charge in [0.15, 0.2) is 0 Å². The molecule has 3 heterocycles. The number of aliphatic hydroxyl groups is 1. The van der Waals surface area contributed by atoms with Crippen LogP contribution in [0.1, 0.15) is 89.9 Å². The van der Waals surface area contributed by atoms with E-state index in [-0.39, 0.29) is 48.9 Å². The Morgan fingerprint density at radius 1 is 1.04 bits per heavy atom. The van der Waals surface area contributed by atoms with Crippen LogP contribution in [-0.2, 0) is 24.0 Å². The van der Waals surface area contributed by atoms with Crippen molar-refractivity contribution in [2.24, 2.45) is 5.41 Å². The summed E-state index contributed by atoms with van der Waals surface area (Å²) in [5.41, 5.74) is 4.08. The SMILES string of the molecule is Cc1ncsc1-c1ccc(C(C)NC(=O)[C@@H]2C[C@@H](O)CN2C(=O)C(NC(=O)CCCCC(=O)N2CCC(=O)CC2)C(C)(C)C)cc1. The molecule has 0 spiro atoms. The smallest absolute Gasteiger partial charge is 0.246 e. The van der Waals surface area contributed by atoms with Gasteiger partial charge < -0.3 is 25.5 Å². The quantitative estimate of drug-likeness (QED) is 0.314. The van der Waals surface area contributed by atoms with Gasteiger partial charge in [0.2, 0.25) is 23.6 Å². The number of benzene rings is 1. The van der Waals surface area contributed by atoms with E-state index < -0.39 is 29.5 Å². The van der Waals surface area contributed by atoms with Crippen LogP contribution in [0.15, 0.2) is 29.8 Å². The van der Waals surface area contributed by atoms with Gasteiger partial charge in [-0.25, -0.2) is 4.98 Å². The third kappa shape index (κ3) is 9.00. The van der Waals surface area contributed by atoms with E-state index in [0.717, 1.165) is 21.7 Å². The normalized spacial score (nSPS) is 19.9. The monoisotopic (exact) mass is 653 g/mol. The number of rotatable bonds is 11. The Bertz CT molecular complexity index is 1410. The second kappa shape index (κ2) is 15.3. The van der Waals surface area contributed by atoms with Gasteiger partial charge in [0.05, 0.1) is 28.2 Å². The molecule has 2 aliphatic rings. The predicted octanol–water partition coefficient (Wildman–Crippen LogP) is 3.54. The first-order valence-electron chi connectivity index (χ1n) is 16.1. The minimum atomic E-state index is -0.909. The maximum Gasteiger partial charge on any atom is 0.246 e. The standard InChI is InChI=1S/C34H47N5O6S/c1-21(23-10-12-24(13-11-23)30-22(2)35-20-46-30)36-32(44)27-18-26(41)19-39(27)33(45)31(34(3,4)5)37-28(42)8-6-7-9-29(43)38-16-14-25(40)15-17-38/h10-13,20-21,26-27,31,41H,6-9,14-19H2,1-5H3,(H,36,44)(H,37,42)/t21?,26-,27+,31?/m1/s1. The van der Waals surface area contributed by atoms with E-state index in [2.05, 4.69) is 15.6 Å². The summed E-state index contributed by atoms with van der Waals surface area (Å²) in [6.07, 6.45) is 1.50. The molecular formula is C34H47N5O6S. The highest BCUT2D eigenvalue weighted by Crippen LogP contribution is 2.29. The van der Waals surface area contributed by atoms with Crippen molar-refractivity contribution in [1.29, 1.82) is 0 Å². The van der Waals surface area contributed by atoms with Crippen LogP contribution < -0.4 is 10.6 Å². The summed E-state index contributed by atoms with van der Waals surface area (Å²) in [6, 6.07) is 5.81. The molecule has 0 radical (unpaired) electrons. The van der Waals surface area contributed by atoms with Gasteiger partial charge in [0.1, 0.15) is 17.9 Å². The number of Topliss-reactive ketones (excluding diaryl/α,β-unsaturated/α-hetero) is 1. The molecular weight excluding hydrogens is 606 g/mol. The van der Waals surface area contributed by atoms with Crippen molar-refractivity contribution in [2.45, 2.75) is 104 Å². The van der Waals surface area contributed by atoms with Crippen molar-refractivity contribution in [2.75, 3.05) is 19.6 Å². The van der Waals surface area contributed by atoms with Crippen LogP contribution in [-0.4, -0.2) is 87.1 Å². The fourth-order valence-corrected chi connectivity index (χ4v) is 6.79. The molecule has 2 unspecified atom stereocenters. The molecule has 46 heavy (non-hydrogen) atoms. The third-order valence-electron chi connectivity index (χ3n) is 8.78. The Morgan fingerprint density at radius 3 is 2.30 bits per heavy atom. The minimum Gasteiger partial charge on any atom is -0.391 e. The molecule has 4 amide bonds. The second-order valence-corrected chi connectivity index (χ2v) is 14.4. The van der Waals surface area contributed by atoms with E-state index in [1.54, 1.807) is 16.2 Å². The molecule has 250 valence electrons. The number of hydrogen-bond acceptors (Lipinski definition) is 8. The highest BCUT2D eigenvalue weighted by atomic mass is 32.1. The van der Waals surface area contributed by atoms with Crippen molar-refractivity contribution in [3.63, 3.8) is 0 Å². The molecule has 1 aromatic heterocycles. The van der Waals surface area contributed by atoms with Crippen LogP contribution in [0.2, 0.25) is 0 Å². The molecule has 12 heteroatoms. The number of β-amino-alcohol motifs (C(OH)–C–C–N with tert-alkyl or cyclic N) is 1. The summed E-state index contributed by atoms with van der Waals surface area (Å²) in [6.45, 7) is 10.3. The molecule has 0 bridgehead atoms. The first kappa shape index (κ1) is 35.2. The van der Waals surface area contributed by atoms with Crippen LogP contribution in [0.5, 0.6) is 0 Å². The maximum atomic E-state index is 13.9. The van der Waals surface area contributed by atoms with Gasteiger partial charge in [0.25, 0.3) is 0 Å². The molecule has 4 rings (SSSR count). The van der Waals surface area contributed by atoms with E-state index in [0.29, 0.717) is 45.2 Å². The number of amides is 4. The Kier molecular flexibility index (Phi) is 11.7. The number of hydrogen-bond donors (Lipinski definition) is 3. The number of unbranched alkanes of at least 4 members (excludes halogenated alkanes) is 1. The summed E-state index contributed by atoms with van der Waals surface area (Å²) in [5, 5.41) is 16.4. The molecule has 2 fully saturated rings. The van der Waals surface area contributed by atoms with Gasteiger partial charge in [0, 0.05) is 51.7 Å². The van der Waals surface area contributed by atoms with Crippen LogP contribution >= 0.6 is 11.3 Å². The molecule has 2 aliphatic heterocycles. The van der Waals surface area contributed by atoms with Crippen LogP contribution in [0.4, 0.5) is 0 Å². The lowest BCUT2D eigenvalue weighted by Gasteiger charge is -2.35. The number of aryl methyl sites for hydroxylation is 1. The largest absolute Gasteiger partial charge is 0.391 e. The third-order valence-corrected chi connectivity index (χ3v) is 9.76. The van der Waals surface area contributed by atoms with Gasteiger partial charge in [-0.2, -0.15) is 0 Å². The number of carbonyl (C=O) groups excluding carboxylic acids is 5. The zero-order valence-corrected chi connectivity index (χ0v) is 28.3. The Morgan fingerprint density at radius 2 is 1.70 bits per heavy atom. The van der Waals surface area contributed by atoms with Gasteiger partial charge in [-0.1, -0.05) is 45.0 Å². The van der Waals surface area contributed by atoms with Crippen molar-refractivity contribution in [1.82, 2.24) is 25.4 Å². The van der Waals surface area contributed by atoms with Gasteiger partial charge in [-0.15, -0.1) is 11.3 Å². The molecule has 0 aliphatic carbocycles. The molecule has 2 saturated heterocycles. The van der Waals surface area contributed by atoms with Gasteiger partial charge in [-0.05, 0) is 43.2 Å². The fraction of sp³-hybridized carbons (Fsp3) is 0.588.